The Morgan fingerprint density at radius 1 is 1.50 bits per heavy atom. The van der Waals surface area contributed by atoms with Crippen molar-refractivity contribution in [1.29, 1.82) is 0 Å². The monoisotopic (exact) mass is 296 g/mol. The molecular weight excluding hydrogens is 279 g/mol. The van der Waals surface area contributed by atoms with Gasteiger partial charge in [0.2, 0.25) is 5.91 Å². The van der Waals surface area contributed by atoms with Gasteiger partial charge in [-0.15, -0.1) is 0 Å². The Labute approximate surface area is 120 Å². The highest BCUT2D eigenvalue weighted by Gasteiger charge is 2.11. The largest absolute Gasteiger partial charge is 0.383 e. The fourth-order valence-electron chi connectivity index (χ4n) is 1.94. The lowest BCUT2D eigenvalue weighted by atomic mass is 10.3. The first-order valence-electron chi connectivity index (χ1n) is 6.51. The zero-order chi connectivity index (χ0) is 14.5. The average Bonchev–Trinajstić information content (AvgIpc) is 2.75. The number of carbonyl (C=O) groups is 1. The molecule has 1 heterocycles. The van der Waals surface area contributed by atoms with Crippen molar-refractivity contribution in [2.75, 3.05) is 13.7 Å². The number of benzene rings is 1. The van der Waals surface area contributed by atoms with Gasteiger partial charge in [-0.25, -0.2) is 4.39 Å². The fourth-order valence-corrected chi connectivity index (χ4v) is 3.03. The molecule has 0 aliphatic heterocycles. The van der Waals surface area contributed by atoms with Gasteiger partial charge < -0.3 is 9.30 Å². The van der Waals surface area contributed by atoms with Gasteiger partial charge in [-0.2, -0.15) is 4.99 Å². The van der Waals surface area contributed by atoms with E-state index in [-0.39, 0.29) is 11.7 Å². The van der Waals surface area contributed by atoms with Crippen LogP contribution in [0.3, 0.4) is 0 Å². The van der Waals surface area contributed by atoms with Gasteiger partial charge in [0.15, 0.2) is 4.80 Å². The van der Waals surface area contributed by atoms with Gasteiger partial charge >= 0.3 is 0 Å². The standard InChI is InChI=1S/C14H17FN2O2S/c1-3-5-12(18)16-14-17(8-9-19-2)13-10(15)6-4-7-11(13)20-14/h4,6-7H,3,5,8-9H2,1-2H3. The normalized spacial score (nSPS) is 12.2. The first-order chi connectivity index (χ1) is 9.67. The second kappa shape index (κ2) is 6.76. The summed E-state index contributed by atoms with van der Waals surface area (Å²) in [5.41, 5.74) is 0.484. The molecule has 20 heavy (non-hydrogen) atoms. The summed E-state index contributed by atoms with van der Waals surface area (Å²) in [7, 11) is 1.59. The molecule has 1 aromatic carbocycles. The molecule has 0 saturated carbocycles. The van der Waals surface area contributed by atoms with Crippen LogP contribution in [-0.4, -0.2) is 24.2 Å². The minimum absolute atomic E-state index is 0.175. The highest BCUT2D eigenvalue weighted by Crippen LogP contribution is 2.20. The van der Waals surface area contributed by atoms with E-state index in [4.69, 9.17) is 4.74 Å². The molecule has 1 aromatic heterocycles. The van der Waals surface area contributed by atoms with E-state index >= 15 is 0 Å². The summed E-state index contributed by atoms with van der Waals surface area (Å²) in [6.45, 7) is 2.84. The molecule has 0 saturated heterocycles. The number of para-hydroxylation sites is 1. The number of methoxy groups -OCH3 is 1. The number of rotatable bonds is 5. The van der Waals surface area contributed by atoms with Crippen LogP contribution in [0.4, 0.5) is 4.39 Å². The van der Waals surface area contributed by atoms with E-state index in [1.807, 2.05) is 13.0 Å². The molecular formula is C14H17FN2O2S. The molecule has 6 heteroatoms. The molecule has 0 aliphatic carbocycles. The molecule has 0 unspecified atom stereocenters. The van der Waals surface area contributed by atoms with Crippen molar-refractivity contribution in [3.63, 3.8) is 0 Å². The average molecular weight is 296 g/mol. The Hall–Kier alpha value is -1.53. The van der Waals surface area contributed by atoms with Gasteiger partial charge in [-0.05, 0) is 18.6 Å². The van der Waals surface area contributed by atoms with E-state index in [9.17, 15) is 9.18 Å². The number of amides is 1. The molecule has 0 spiro atoms. The molecule has 2 rings (SSSR count). The second-order valence-corrected chi connectivity index (χ2v) is 5.38. The number of ether oxygens (including phenoxy) is 1. The van der Waals surface area contributed by atoms with Crippen molar-refractivity contribution in [2.24, 2.45) is 4.99 Å². The highest BCUT2D eigenvalue weighted by atomic mass is 32.1. The van der Waals surface area contributed by atoms with Crippen LogP contribution >= 0.6 is 11.3 Å². The van der Waals surface area contributed by atoms with Crippen LogP contribution in [0.2, 0.25) is 0 Å². The molecule has 1 amide bonds. The molecule has 108 valence electrons. The van der Waals surface area contributed by atoms with E-state index in [0.29, 0.717) is 29.9 Å². The van der Waals surface area contributed by atoms with Crippen molar-refractivity contribution in [3.8, 4) is 0 Å². The zero-order valence-corrected chi connectivity index (χ0v) is 12.4. The summed E-state index contributed by atoms with van der Waals surface area (Å²) < 4.78 is 21.5. The Balaban J connectivity index is 2.58. The maximum absolute atomic E-state index is 14.0. The number of carbonyl (C=O) groups excluding carboxylic acids is 1. The van der Waals surface area contributed by atoms with E-state index in [0.717, 1.165) is 11.1 Å². The molecule has 0 N–H and O–H groups in total. The van der Waals surface area contributed by atoms with Crippen LogP contribution in [0.15, 0.2) is 23.2 Å². The summed E-state index contributed by atoms with van der Waals surface area (Å²) in [5.74, 6) is -0.482. The summed E-state index contributed by atoms with van der Waals surface area (Å²) in [6, 6.07) is 4.90. The smallest absolute Gasteiger partial charge is 0.248 e. The van der Waals surface area contributed by atoms with Crippen LogP contribution in [0.1, 0.15) is 19.8 Å². The third-order valence-electron chi connectivity index (χ3n) is 2.86. The minimum Gasteiger partial charge on any atom is -0.383 e. The first kappa shape index (κ1) is 14.9. The highest BCUT2D eigenvalue weighted by molar-refractivity contribution is 7.16. The molecule has 2 aromatic rings. The molecule has 0 atom stereocenters. The Kier molecular flexibility index (Phi) is 5.03. The maximum atomic E-state index is 14.0. The second-order valence-electron chi connectivity index (χ2n) is 4.37. The number of thiazole rings is 1. The van der Waals surface area contributed by atoms with Crippen LogP contribution < -0.4 is 4.80 Å². The predicted molar refractivity (Wildman–Crippen MR) is 77.1 cm³/mol. The van der Waals surface area contributed by atoms with Crippen molar-refractivity contribution in [2.45, 2.75) is 26.3 Å². The summed E-state index contributed by atoms with van der Waals surface area (Å²) in [5, 5.41) is 0. The summed E-state index contributed by atoms with van der Waals surface area (Å²) in [6.07, 6.45) is 1.15. The predicted octanol–water partition coefficient (Wildman–Crippen LogP) is 2.72. The van der Waals surface area contributed by atoms with Gasteiger partial charge in [-0.1, -0.05) is 24.3 Å². The van der Waals surface area contributed by atoms with Gasteiger partial charge in [0.05, 0.1) is 16.8 Å². The van der Waals surface area contributed by atoms with Crippen LogP contribution in [0, 0.1) is 5.82 Å². The van der Waals surface area contributed by atoms with Crippen molar-refractivity contribution < 1.29 is 13.9 Å². The lowest BCUT2D eigenvalue weighted by Crippen LogP contribution is -2.19. The van der Waals surface area contributed by atoms with Crippen molar-refractivity contribution in [3.05, 3.63) is 28.8 Å². The third-order valence-corrected chi connectivity index (χ3v) is 3.90. The quantitative estimate of drug-likeness (QED) is 0.851. The van der Waals surface area contributed by atoms with E-state index < -0.39 is 0 Å². The lowest BCUT2D eigenvalue weighted by Gasteiger charge is -2.04. The molecule has 0 aliphatic rings. The zero-order valence-electron chi connectivity index (χ0n) is 11.6. The molecule has 0 fully saturated rings. The van der Waals surface area contributed by atoms with Gasteiger partial charge in [0, 0.05) is 20.1 Å². The third kappa shape index (κ3) is 3.13. The molecule has 4 nitrogen and oxygen atoms in total. The van der Waals surface area contributed by atoms with Gasteiger partial charge in [0.1, 0.15) is 5.82 Å². The number of halogens is 1. The van der Waals surface area contributed by atoms with E-state index in [2.05, 4.69) is 4.99 Å². The number of aromatic nitrogens is 1. The van der Waals surface area contributed by atoms with Gasteiger partial charge in [0.25, 0.3) is 0 Å². The van der Waals surface area contributed by atoms with Crippen LogP contribution in [-0.2, 0) is 16.1 Å². The molecule has 0 radical (unpaired) electrons. The Morgan fingerprint density at radius 3 is 3.00 bits per heavy atom. The Bertz CT molecular complexity index is 675. The fraction of sp³-hybridized carbons (Fsp3) is 0.429. The summed E-state index contributed by atoms with van der Waals surface area (Å²) in [4.78, 5) is 16.3. The topological polar surface area (TPSA) is 43.6 Å². The molecule has 0 bridgehead atoms. The first-order valence-corrected chi connectivity index (χ1v) is 7.33. The Morgan fingerprint density at radius 2 is 2.30 bits per heavy atom. The van der Waals surface area contributed by atoms with Crippen molar-refractivity contribution in [1.82, 2.24) is 4.57 Å². The van der Waals surface area contributed by atoms with Crippen LogP contribution in [0.25, 0.3) is 10.2 Å². The van der Waals surface area contributed by atoms with E-state index in [1.54, 1.807) is 17.7 Å². The SMILES string of the molecule is CCCC(=O)N=c1sc2cccc(F)c2n1CCOC. The maximum Gasteiger partial charge on any atom is 0.248 e. The minimum atomic E-state index is -0.306. The lowest BCUT2D eigenvalue weighted by molar-refractivity contribution is -0.118. The number of hydrogen-bond acceptors (Lipinski definition) is 3. The van der Waals surface area contributed by atoms with Crippen LogP contribution in [0.5, 0.6) is 0 Å². The number of nitrogens with zero attached hydrogens (tertiary/aromatic N) is 2. The van der Waals surface area contributed by atoms with Crippen molar-refractivity contribution >= 4 is 27.5 Å². The van der Waals surface area contributed by atoms with Gasteiger partial charge in [-0.3, -0.25) is 4.79 Å². The van der Waals surface area contributed by atoms with E-state index in [1.165, 1.54) is 17.4 Å². The number of hydrogen-bond donors (Lipinski definition) is 0. The number of fused-ring (bicyclic) bond motifs is 1. The summed E-state index contributed by atoms with van der Waals surface area (Å²) >= 11 is 1.32.